The predicted octanol–water partition coefficient (Wildman–Crippen LogP) is 0.490. The van der Waals surface area contributed by atoms with Crippen molar-refractivity contribution in [3.05, 3.63) is 29.3 Å². The molecule has 7 heteroatoms. The monoisotopic (exact) mass is 323 g/mol. The first-order chi connectivity index (χ1) is 10.4. The van der Waals surface area contributed by atoms with Crippen LogP contribution in [0.25, 0.3) is 0 Å². The SMILES string of the molecule is CS(=O)(=O)N1CCc2cc(C(=O)NC3CCCNC3)ccc21. The third kappa shape index (κ3) is 3.10. The van der Waals surface area contributed by atoms with Crippen molar-refractivity contribution >= 4 is 21.6 Å². The molecule has 0 radical (unpaired) electrons. The van der Waals surface area contributed by atoms with Crippen molar-refractivity contribution in [2.45, 2.75) is 25.3 Å². The maximum atomic E-state index is 12.3. The van der Waals surface area contributed by atoms with Gasteiger partial charge in [0.05, 0.1) is 11.9 Å². The van der Waals surface area contributed by atoms with Crippen LogP contribution in [0.5, 0.6) is 0 Å². The van der Waals surface area contributed by atoms with Gasteiger partial charge in [0.15, 0.2) is 0 Å². The number of amides is 1. The van der Waals surface area contributed by atoms with Gasteiger partial charge in [0, 0.05) is 24.7 Å². The highest BCUT2D eigenvalue weighted by atomic mass is 32.2. The minimum absolute atomic E-state index is 0.0886. The summed E-state index contributed by atoms with van der Waals surface area (Å²) in [7, 11) is -3.25. The number of hydrogen-bond donors (Lipinski definition) is 2. The zero-order chi connectivity index (χ0) is 15.7. The molecule has 2 N–H and O–H groups in total. The van der Waals surface area contributed by atoms with Crippen molar-refractivity contribution in [3.8, 4) is 0 Å². The Morgan fingerprint density at radius 2 is 2.23 bits per heavy atom. The van der Waals surface area contributed by atoms with Gasteiger partial charge in [0.1, 0.15) is 0 Å². The minimum Gasteiger partial charge on any atom is -0.348 e. The summed E-state index contributed by atoms with van der Waals surface area (Å²) in [5.41, 5.74) is 2.21. The number of carbonyl (C=O) groups excluding carboxylic acids is 1. The van der Waals surface area contributed by atoms with Gasteiger partial charge in [-0.2, -0.15) is 0 Å². The van der Waals surface area contributed by atoms with E-state index in [0.717, 1.165) is 31.5 Å². The number of carbonyl (C=O) groups is 1. The Morgan fingerprint density at radius 1 is 1.41 bits per heavy atom. The Hall–Kier alpha value is -1.60. The molecule has 0 aromatic heterocycles. The highest BCUT2D eigenvalue weighted by Gasteiger charge is 2.27. The lowest BCUT2D eigenvalue weighted by atomic mass is 10.1. The van der Waals surface area contributed by atoms with E-state index in [9.17, 15) is 13.2 Å². The molecule has 0 spiro atoms. The smallest absolute Gasteiger partial charge is 0.251 e. The molecule has 1 amide bonds. The Labute approximate surface area is 130 Å². The van der Waals surface area contributed by atoms with Crippen LogP contribution >= 0.6 is 0 Å². The number of fused-ring (bicyclic) bond motifs is 1. The molecule has 6 nitrogen and oxygen atoms in total. The maximum Gasteiger partial charge on any atom is 0.251 e. The average molecular weight is 323 g/mol. The summed E-state index contributed by atoms with van der Waals surface area (Å²) in [6.45, 7) is 2.26. The number of sulfonamides is 1. The highest BCUT2D eigenvalue weighted by Crippen LogP contribution is 2.30. The fourth-order valence-corrected chi connectivity index (χ4v) is 4.06. The normalized spacial score (nSPS) is 21.5. The molecule has 2 heterocycles. The minimum atomic E-state index is -3.25. The standard InChI is InChI=1S/C15H21N3O3S/c1-22(20,21)18-8-6-11-9-12(4-5-14(11)18)15(19)17-13-3-2-7-16-10-13/h4-5,9,13,16H,2-3,6-8,10H2,1H3,(H,17,19). The van der Waals surface area contributed by atoms with Crippen LogP contribution in [-0.2, 0) is 16.4 Å². The maximum absolute atomic E-state index is 12.3. The summed E-state index contributed by atoms with van der Waals surface area (Å²) in [6, 6.07) is 5.42. The van der Waals surface area contributed by atoms with Crippen molar-refractivity contribution in [1.29, 1.82) is 0 Å². The number of nitrogens with zero attached hydrogens (tertiary/aromatic N) is 1. The Bertz CT molecular complexity index is 681. The van der Waals surface area contributed by atoms with Crippen LogP contribution < -0.4 is 14.9 Å². The highest BCUT2D eigenvalue weighted by molar-refractivity contribution is 7.92. The number of piperidine rings is 1. The second-order valence-corrected chi connectivity index (χ2v) is 7.85. The molecule has 2 aliphatic rings. The summed E-state index contributed by atoms with van der Waals surface area (Å²) in [5.74, 6) is -0.0886. The fourth-order valence-electron chi connectivity index (χ4n) is 3.10. The van der Waals surface area contributed by atoms with Crippen LogP contribution in [-0.4, -0.2) is 46.3 Å². The molecular weight excluding hydrogens is 302 g/mol. The van der Waals surface area contributed by atoms with Crippen LogP contribution in [0.4, 0.5) is 5.69 Å². The molecule has 1 fully saturated rings. The molecule has 1 aromatic carbocycles. The van der Waals surface area contributed by atoms with E-state index in [1.54, 1.807) is 12.1 Å². The van der Waals surface area contributed by atoms with Crippen molar-refractivity contribution in [3.63, 3.8) is 0 Å². The van der Waals surface area contributed by atoms with E-state index in [-0.39, 0.29) is 11.9 Å². The van der Waals surface area contributed by atoms with Crippen LogP contribution in [0.3, 0.4) is 0 Å². The molecule has 120 valence electrons. The van der Waals surface area contributed by atoms with Crippen LogP contribution in [0.1, 0.15) is 28.8 Å². The van der Waals surface area contributed by atoms with E-state index < -0.39 is 10.0 Å². The summed E-state index contributed by atoms with van der Waals surface area (Å²) in [5, 5.41) is 6.30. The van der Waals surface area contributed by atoms with E-state index in [0.29, 0.717) is 24.2 Å². The molecule has 1 unspecified atom stereocenters. The van der Waals surface area contributed by atoms with E-state index in [1.165, 1.54) is 10.6 Å². The topological polar surface area (TPSA) is 78.5 Å². The average Bonchev–Trinajstić information content (AvgIpc) is 2.91. The van der Waals surface area contributed by atoms with E-state index in [2.05, 4.69) is 10.6 Å². The lowest BCUT2D eigenvalue weighted by Crippen LogP contribution is -2.45. The first-order valence-corrected chi connectivity index (χ1v) is 9.42. The van der Waals surface area contributed by atoms with Gasteiger partial charge in [-0.1, -0.05) is 0 Å². The summed E-state index contributed by atoms with van der Waals surface area (Å²) in [6.07, 6.45) is 3.91. The van der Waals surface area contributed by atoms with E-state index >= 15 is 0 Å². The molecular formula is C15H21N3O3S. The molecule has 0 bridgehead atoms. The van der Waals surface area contributed by atoms with Crippen LogP contribution in [0.2, 0.25) is 0 Å². The van der Waals surface area contributed by atoms with Gasteiger partial charge >= 0.3 is 0 Å². The lowest BCUT2D eigenvalue weighted by Gasteiger charge is -2.24. The predicted molar refractivity (Wildman–Crippen MR) is 85.7 cm³/mol. The summed E-state index contributed by atoms with van der Waals surface area (Å²) < 4.78 is 24.8. The number of benzene rings is 1. The van der Waals surface area contributed by atoms with E-state index in [4.69, 9.17) is 0 Å². The first kappa shape index (κ1) is 15.3. The molecule has 22 heavy (non-hydrogen) atoms. The molecule has 3 rings (SSSR count). The largest absolute Gasteiger partial charge is 0.348 e. The lowest BCUT2D eigenvalue weighted by molar-refractivity contribution is 0.0930. The third-order valence-electron chi connectivity index (χ3n) is 4.23. The van der Waals surface area contributed by atoms with Crippen LogP contribution in [0, 0.1) is 0 Å². The second-order valence-electron chi connectivity index (χ2n) is 5.95. The second kappa shape index (κ2) is 5.89. The van der Waals surface area contributed by atoms with Gasteiger partial charge in [-0.25, -0.2) is 8.42 Å². The van der Waals surface area contributed by atoms with Crippen molar-refractivity contribution in [1.82, 2.24) is 10.6 Å². The van der Waals surface area contributed by atoms with E-state index in [1.807, 2.05) is 6.07 Å². The quantitative estimate of drug-likeness (QED) is 0.849. The van der Waals surface area contributed by atoms with Gasteiger partial charge in [0.25, 0.3) is 5.91 Å². The van der Waals surface area contributed by atoms with Crippen molar-refractivity contribution < 1.29 is 13.2 Å². The molecule has 2 aliphatic heterocycles. The zero-order valence-electron chi connectivity index (χ0n) is 12.6. The molecule has 0 saturated carbocycles. The molecule has 1 atom stereocenters. The molecule has 1 saturated heterocycles. The summed E-state index contributed by atoms with van der Waals surface area (Å²) in [4.78, 5) is 12.3. The van der Waals surface area contributed by atoms with Gasteiger partial charge in [-0.15, -0.1) is 0 Å². The van der Waals surface area contributed by atoms with Gasteiger partial charge < -0.3 is 10.6 Å². The van der Waals surface area contributed by atoms with Crippen LogP contribution in [0.15, 0.2) is 18.2 Å². The number of anilines is 1. The Balaban J connectivity index is 1.75. The summed E-state index contributed by atoms with van der Waals surface area (Å²) >= 11 is 0. The Kier molecular flexibility index (Phi) is 4.10. The van der Waals surface area contributed by atoms with Crippen molar-refractivity contribution in [2.24, 2.45) is 0 Å². The fraction of sp³-hybridized carbons (Fsp3) is 0.533. The number of hydrogen-bond acceptors (Lipinski definition) is 4. The van der Waals surface area contributed by atoms with Gasteiger partial charge in [-0.3, -0.25) is 9.10 Å². The van der Waals surface area contributed by atoms with Gasteiger partial charge in [-0.05, 0) is 49.6 Å². The Morgan fingerprint density at radius 3 is 2.91 bits per heavy atom. The number of nitrogens with one attached hydrogen (secondary N) is 2. The molecule has 0 aliphatic carbocycles. The number of rotatable bonds is 3. The van der Waals surface area contributed by atoms with Crippen molar-refractivity contribution in [2.75, 3.05) is 30.2 Å². The zero-order valence-corrected chi connectivity index (χ0v) is 13.4. The van der Waals surface area contributed by atoms with Gasteiger partial charge in [0.2, 0.25) is 10.0 Å². The molecule has 1 aromatic rings. The third-order valence-corrected chi connectivity index (χ3v) is 5.41. The first-order valence-electron chi connectivity index (χ1n) is 7.57.